The monoisotopic (exact) mass is 300 g/mol. The van der Waals surface area contributed by atoms with Crippen molar-refractivity contribution in [2.75, 3.05) is 25.0 Å². The lowest BCUT2D eigenvalue weighted by molar-refractivity contribution is 0.625. The van der Waals surface area contributed by atoms with Crippen LogP contribution in [-0.4, -0.2) is 38.2 Å². The molecular weight excluding hydrogens is 272 g/mol. The molecule has 1 aliphatic heterocycles. The van der Waals surface area contributed by atoms with E-state index in [1.807, 2.05) is 7.05 Å². The number of anilines is 1. The average Bonchev–Trinajstić information content (AvgIpc) is 3.10. The average molecular weight is 300 g/mol. The summed E-state index contributed by atoms with van der Waals surface area (Å²) in [5.74, 6) is 1.83. The van der Waals surface area contributed by atoms with Crippen molar-refractivity contribution in [2.45, 2.75) is 44.7 Å². The van der Waals surface area contributed by atoms with Gasteiger partial charge in [-0.1, -0.05) is 31.5 Å². The summed E-state index contributed by atoms with van der Waals surface area (Å²) in [5, 5.41) is 7.17. The number of guanidine groups is 1. The Balaban J connectivity index is 1.47. The van der Waals surface area contributed by atoms with Gasteiger partial charge in [-0.15, -0.1) is 0 Å². The van der Waals surface area contributed by atoms with Gasteiger partial charge in [-0.2, -0.15) is 0 Å². The molecular formula is C18H28N4. The van der Waals surface area contributed by atoms with Crippen molar-refractivity contribution < 1.29 is 0 Å². The highest BCUT2D eigenvalue weighted by Gasteiger charge is 2.37. The van der Waals surface area contributed by atoms with Crippen molar-refractivity contribution in [1.82, 2.24) is 10.6 Å². The second-order valence-electron chi connectivity index (χ2n) is 6.52. The molecule has 2 N–H and O–H groups in total. The molecule has 1 saturated heterocycles. The van der Waals surface area contributed by atoms with Crippen LogP contribution in [-0.2, 0) is 0 Å². The Morgan fingerprint density at radius 3 is 2.82 bits per heavy atom. The molecule has 2 aliphatic rings. The number of para-hydroxylation sites is 1. The number of rotatable bonds is 5. The first kappa shape index (κ1) is 15.2. The summed E-state index contributed by atoms with van der Waals surface area (Å²) in [6.45, 7) is 4.42. The Labute approximate surface area is 134 Å². The Morgan fingerprint density at radius 2 is 2.09 bits per heavy atom. The highest BCUT2D eigenvalue weighted by Crippen LogP contribution is 2.34. The normalized spacial score (nSPS) is 27.8. The third-order valence-electron chi connectivity index (χ3n) is 4.78. The lowest BCUT2D eigenvalue weighted by Gasteiger charge is -2.20. The third-order valence-corrected chi connectivity index (χ3v) is 4.78. The van der Waals surface area contributed by atoms with Gasteiger partial charge in [0.2, 0.25) is 0 Å². The van der Waals surface area contributed by atoms with Gasteiger partial charge in [0, 0.05) is 37.9 Å². The molecule has 1 aromatic carbocycles. The summed E-state index contributed by atoms with van der Waals surface area (Å²) < 4.78 is 0. The highest BCUT2D eigenvalue weighted by molar-refractivity contribution is 5.80. The van der Waals surface area contributed by atoms with Gasteiger partial charge in [-0.05, 0) is 37.3 Å². The van der Waals surface area contributed by atoms with E-state index >= 15 is 0 Å². The first-order valence-corrected chi connectivity index (χ1v) is 8.60. The van der Waals surface area contributed by atoms with Gasteiger partial charge in [0.1, 0.15) is 0 Å². The minimum Gasteiger partial charge on any atom is -0.369 e. The molecule has 4 nitrogen and oxygen atoms in total. The quantitative estimate of drug-likeness (QED) is 0.648. The molecule has 22 heavy (non-hydrogen) atoms. The minimum atomic E-state index is 0.481. The van der Waals surface area contributed by atoms with Crippen molar-refractivity contribution in [2.24, 2.45) is 10.9 Å². The zero-order chi connectivity index (χ0) is 15.4. The number of aliphatic imine (C=N–C) groups is 1. The van der Waals surface area contributed by atoms with Crippen molar-refractivity contribution >= 4 is 11.6 Å². The number of nitrogens with one attached hydrogen (secondary N) is 2. The third kappa shape index (κ3) is 3.73. The Morgan fingerprint density at radius 1 is 1.27 bits per heavy atom. The molecule has 0 radical (unpaired) electrons. The standard InChI is InChI=1S/C18H28N4/c1-3-7-14-12-17(14)21-18(19-2)20-15-10-11-22(13-15)16-8-5-4-6-9-16/h4-6,8-9,14-15,17H,3,7,10-13H2,1-2H3,(H2,19,20,21). The van der Waals surface area contributed by atoms with E-state index in [0.29, 0.717) is 12.1 Å². The fraction of sp³-hybridized carbons (Fsp3) is 0.611. The summed E-state index contributed by atoms with van der Waals surface area (Å²) in [7, 11) is 1.87. The van der Waals surface area contributed by atoms with Crippen LogP contribution in [0.15, 0.2) is 35.3 Å². The molecule has 1 saturated carbocycles. The SMILES string of the molecule is CCCC1CC1NC(=NC)NC1CCN(c2ccccc2)C1. The van der Waals surface area contributed by atoms with E-state index in [1.54, 1.807) is 0 Å². The van der Waals surface area contributed by atoms with Gasteiger partial charge >= 0.3 is 0 Å². The summed E-state index contributed by atoms with van der Waals surface area (Å²) in [4.78, 5) is 6.85. The molecule has 120 valence electrons. The summed E-state index contributed by atoms with van der Waals surface area (Å²) in [6.07, 6.45) is 5.08. The number of hydrogen-bond donors (Lipinski definition) is 2. The van der Waals surface area contributed by atoms with Gasteiger partial charge in [0.05, 0.1) is 0 Å². The van der Waals surface area contributed by atoms with Crippen molar-refractivity contribution in [3.05, 3.63) is 30.3 Å². The maximum Gasteiger partial charge on any atom is 0.191 e. The molecule has 0 bridgehead atoms. The highest BCUT2D eigenvalue weighted by atomic mass is 15.3. The van der Waals surface area contributed by atoms with Crippen molar-refractivity contribution in [3.8, 4) is 0 Å². The van der Waals surface area contributed by atoms with Gasteiger partial charge in [0.15, 0.2) is 5.96 Å². The van der Waals surface area contributed by atoms with Gasteiger partial charge in [-0.25, -0.2) is 0 Å². The first-order valence-electron chi connectivity index (χ1n) is 8.60. The molecule has 0 aromatic heterocycles. The summed E-state index contributed by atoms with van der Waals surface area (Å²) >= 11 is 0. The molecule has 0 amide bonds. The van der Waals surface area contributed by atoms with Gasteiger partial charge in [0.25, 0.3) is 0 Å². The van der Waals surface area contributed by atoms with Crippen LogP contribution >= 0.6 is 0 Å². The molecule has 1 aliphatic carbocycles. The van der Waals surface area contributed by atoms with Gasteiger partial charge < -0.3 is 15.5 Å². The number of hydrogen-bond acceptors (Lipinski definition) is 2. The predicted octanol–water partition coefficient (Wildman–Crippen LogP) is 2.62. The molecule has 3 unspecified atom stereocenters. The molecule has 3 atom stereocenters. The molecule has 3 rings (SSSR count). The zero-order valence-corrected chi connectivity index (χ0v) is 13.8. The topological polar surface area (TPSA) is 39.7 Å². The molecule has 4 heteroatoms. The summed E-state index contributed by atoms with van der Waals surface area (Å²) in [6, 6.07) is 11.8. The lowest BCUT2D eigenvalue weighted by atomic mass is 10.2. The van der Waals surface area contributed by atoms with Crippen LogP contribution < -0.4 is 15.5 Å². The Bertz CT molecular complexity index is 499. The van der Waals surface area contributed by atoms with E-state index in [2.05, 4.69) is 57.8 Å². The van der Waals surface area contributed by atoms with E-state index in [9.17, 15) is 0 Å². The van der Waals surface area contributed by atoms with Crippen LogP contribution in [0.3, 0.4) is 0 Å². The maximum absolute atomic E-state index is 4.40. The van der Waals surface area contributed by atoms with E-state index < -0.39 is 0 Å². The van der Waals surface area contributed by atoms with E-state index in [1.165, 1.54) is 31.4 Å². The number of benzene rings is 1. The first-order chi connectivity index (χ1) is 10.8. The van der Waals surface area contributed by atoms with Crippen LogP contribution in [0.1, 0.15) is 32.6 Å². The Hall–Kier alpha value is -1.71. The fourth-order valence-electron chi connectivity index (χ4n) is 3.41. The smallest absolute Gasteiger partial charge is 0.191 e. The van der Waals surface area contributed by atoms with E-state index in [-0.39, 0.29) is 0 Å². The molecule has 1 heterocycles. The van der Waals surface area contributed by atoms with Gasteiger partial charge in [-0.3, -0.25) is 4.99 Å². The van der Waals surface area contributed by atoms with Crippen LogP contribution in [0.4, 0.5) is 5.69 Å². The molecule has 0 spiro atoms. The van der Waals surface area contributed by atoms with Crippen molar-refractivity contribution in [3.63, 3.8) is 0 Å². The maximum atomic E-state index is 4.40. The molecule has 1 aromatic rings. The van der Waals surface area contributed by atoms with Crippen molar-refractivity contribution in [1.29, 1.82) is 0 Å². The zero-order valence-electron chi connectivity index (χ0n) is 13.8. The largest absolute Gasteiger partial charge is 0.369 e. The molecule has 2 fully saturated rings. The number of nitrogens with zero attached hydrogens (tertiary/aromatic N) is 2. The lowest BCUT2D eigenvalue weighted by Crippen LogP contribution is -2.45. The second kappa shape index (κ2) is 7.03. The second-order valence-corrected chi connectivity index (χ2v) is 6.52. The van der Waals surface area contributed by atoms with E-state index in [4.69, 9.17) is 0 Å². The Kier molecular flexibility index (Phi) is 4.86. The predicted molar refractivity (Wildman–Crippen MR) is 93.5 cm³/mol. The van der Waals surface area contributed by atoms with Crippen LogP contribution in [0.5, 0.6) is 0 Å². The van der Waals surface area contributed by atoms with Crippen LogP contribution in [0.2, 0.25) is 0 Å². The van der Waals surface area contributed by atoms with E-state index in [0.717, 1.165) is 25.0 Å². The fourth-order valence-corrected chi connectivity index (χ4v) is 3.41. The van der Waals surface area contributed by atoms with Crippen LogP contribution in [0, 0.1) is 5.92 Å². The minimum absolute atomic E-state index is 0.481. The summed E-state index contributed by atoms with van der Waals surface area (Å²) in [5.41, 5.74) is 1.32. The van der Waals surface area contributed by atoms with Crippen LogP contribution in [0.25, 0.3) is 0 Å².